The van der Waals surface area contributed by atoms with Gasteiger partial charge < -0.3 is 25.6 Å². The van der Waals surface area contributed by atoms with Gasteiger partial charge in [-0.1, -0.05) is 5.11 Å². The molecule has 0 aromatic carbocycles. The third-order valence-corrected chi connectivity index (χ3v) is 4.96. The number of nitrogen functional groups attached to an aromatic ring is 1. The highest BCUT2D eigenvalue weighted by atomic mass is 31.2. The zero-order valence-electron chi connectivity index (χ0n) is 14.6. The van der Waals surface area contributed by atoms with Gasteiger partial charge in [-0.05, 0) is 5.53 Å². The van der Waals surface area contributed by atoms with E-state index in [9.17, 15) is 24.5 Å². The standard InChI is InChI=1S/C12H17N8O8P/c13-12-17-9-6(10(23)18-12)15-4-20(9)11-8(22)7(21)5(28-11)3-27-29(24,25)26-2-1-16-19-14/h4-5,7-8,11,21-22H,1-3H2,(H,24,25)(H3,13,17,18,23)/t5-,7-,8-,11-/m1/s1. The van der Waals surface area contributed by atoms with E-state index >= 15 is 0 Å². The van der Waals surface area contributed by atoms with Crippen LogP contribution in [0.15, 0.2) is 16.2 Å². The Morgan fingerprint density at radius 2 is 2.21 bits per heavy atom. The predicted octanol–water partition coefficient (Wildman–Crippen LogP) is -1.24. The summed E-state index contributed by atoms with van der Waals surface area (Å²) in [5.41, 5.74) is 13.0. The fraction of sp³-hybridized carbons (Fsp3) is 0.583. The molecule has 17 heteroatoms. The number of H-pyrrole nitrogens is 1. The van der Waals surface area contributed by atoms with Crippen LogP contribution in [0.3, 0.4) is 0 Å². The number of phosphoric ester groups is 1. The Labute approximate surface area is 161 Å². The molecule has 0 radical (unpaired) electrons. The molecule has 1 saturated heterocycles. The van der Waals surface area contributed by atoms with Crippen molar-refractivity contribution in [2.24, 2.45) is 5.11 Å². The van der Waals surface area contributed by atoms with Crippen molar-refractivity contribution in [1.29, 1.82) is 0 Å². The largest absolute Gasteiger partial charge is 0.472 e. The molecule has 16 nitrogen and oxygen atoms in total. The van der Waals surface area contributed by atoms with E-state index in [4.69, 9.17) is 20.5 Å². The molecule has 29 heavy (non-hydrogen) atoms. The first-order valence-corrected chi connectivity index (χ1v) is 9.59. The summed E-state index contributed by atoms with van der Waals surface area (Å²) in [7, 11) is -4.51. The van der Waals surface area contributed by atoms with Crippen LogP contribution in [0.1, 0.15) is 6.23 Å². The van der Waals surface area contributed by atoms with E-state index < -0.39 is 44.5 Å². The zero-order valence-corrected chi connectivity index (χ0v) is 15.5. The highest BCUT2D eigenvalue weighted by Gasteiger charge is 2.45. The molecule has 0 saturated carbocycles. The van der Waals surface area contributed by atoms with Gasteiger partial charge >= 0.3 is 7.82 Å². The van der Waals surface area contributed by atoms with Gasteiger partial charge in [0.1, 0.15) is 18.3 Å². The number of hydrogen-bond donors (Lipinski definition) is 5. The molecular formula is C12H17N8O8P. The van der Waals surface area contributed by atoms with Crippen molar-refractivity contribution < 1.29 is 33.5 Å². The average Bonchev–Trinajstić information content (AvgIpc) is 3.19. The fourth-order valence-electron chi connectivity index (χ4n) is 2.67. The van der Waals surface area contributed by atoms with Crippen LogP contribution in [-0.4, -0.2) is 72.7 Å². The van der Waals surface area contributed by atoms with Crippen molar-refractivity contribution in [3.05, 3.63) is 27.1 Å². The Balaban J connectivity index is 1.70. The van der Waals surface area contributed by atoms with Crippen LogP contribution >= 0.6 is 7.82 Å². The van der Waals surface area contributed by atoms with Gasteiger partial charge in [0.2, 0.25) is 5.95 Å². The summed E-state index contributed by atoms with van der Waals surface area (Å²) in [6, 6.07) is 0. The number of nitrogens with zero attached hydrogens (tertiary/aromatic N) is 6. The molecule has 158 valence electrons. The number of imidazole rings is 1. The monoisotopic (exact) mass is 432 g/mol. The second-order valence-corrected chi connectivity index (χ2v) is 7.33. The normalized spacial score (nSPS) is 26.3. The van der Waals surface area contributed by atoms with Crippen molar-refractivity contribution in [2.45, 2.75) is 24.5 Å². The summed E-state index contributed by atoms with van der Waals surface area (Å²) in [6.45, 7) is -1.15. The van der Waals surface area contributed by atoms with Gasteiger partial charge in [-0.2, -0.15) is 4.98 Å². The van der Waals surface area contributed by atoms with Crippen LogP contribution < -0.4 is 11.3 Å². The third kappa shape index (κ3) is 4.55. The molecule has 6 N–H and O–H groups in total. The summed E-state index contributed by atoms with van der Waals surface area (Å²) in [5, 5.41) is 23.6. The molecule has 3 heterocycles. The summed E-state index contributed by atoms with van der Waals surface area (Å²) in [5.74, 6) is -0.184. The number of aromatic amines is 1. The Hall–Kier alpha value is -2.55. The van der Waals surface area contributed by atoms with Crippen LogP contribution in [0.25, 0.3) is 21.6 Å². The van der Waals surface area contributed by atoms with Crippen LogP contribution in [0.4, 0.5) is 5.95 Å². The molecule has 0 aliphatic carbocycles. The first kappa shape index (κ1) is 21.2. The maximum atomic E-state index is 11.9. The number of aliphatic hydroxyl groups excluding tert-OH is 2. The summed E-state index contributed by atoms with van der Waals surface area (Å²) >= 11 is 0. The average molecular weight is 432 g/mol. The number of hydrogen-bond acceptors (Lipinski definition) is 11. The van der Waals surface area contributed by atoms with Gasteiger partial charge in [-0.3, -0.25) is 23.4 Å². The predicted molar refractivity (Wildman–Crippen MR) is 94.2 cm³/mol. The molecule has 0 spiro atoms. The second-order valence-electron chi connectivity index (χ2n) is 5.87. The molecule has 2 aromatic heterocycles. The number of aromatic nitrogens is 4. The van der Waals surface area contributed by atoms with Crippen molar-refractivity contribution in [3.8, 4) is 0 Å². The van der Waals surface area contributed by atoms with Crippen molar-refractivity contribution in [3.63, 3.8) is 0 Å². The maximum Gasteiger partial charge on any atom is 0.472 e. The first-order valence-electron chi connectivity index (χ1n) is 8.10. The Kier molecular flexibility index (Phi) is 6.16. The van der Waals surface area contributed by atoms with Gasteiger partial charge in [-0.25, -0.2) is 9.55 Å². The summed E-state index contributed by atoms with van der Waals surface area (Å²) < 4.78 is 27.8. The second kappa shape index (κ2) is 8.44. The van der Waals surface area contributed by atoms with Crippen LogP contribution in [0.5, 0.6) is 0 Å². The number of nitrogens with one attached hydrogen (secondary N) is 1. The lowest BCUT2D eigenvalue weighted by molar-refractivity contribution is -0.0513. The van der Waals surface area contributed by atoms with Gasteiger partial charge in [0.25, 0.3) is 5.56 Å². The Morgan fingerprint density at radius 1 is 1.45 bits per heavy atom. The number of azide groups is 1. The molecule has 3 rings (SSSR count). The van der Waals surface area contributed by atoms with E-state index in [0.717, 1.165) is 0 Å². The lowest BCUT2D eigenvalue weighted by Crippen LogP contribution is -2.33. The number of rotatable bonds is 8. The van der Waals surface area contributed by atoms with Gasteiger partial charge in [-0.15, -0.1) is 0 Å². The number of aliphatic hydroxyl groups is 2. The van der Waals surface area contributed by atoms with Crippen molar-refractivity contribution in [1.82, 2.24) is 19.5 Å². The topological polar surface area (TPSA) is 244 Å². The molecule has 1 fully saturated rings. The highest BCUT2D eigenvalue weighted by molar-refractivity contribution is 7.47. The SMILES string of the molecule is [N-]=[N+]=NCCOP(=O)(O)OC[C@H]1O[C@@H](n2cnc3c(=O)[nH]c(N)nc32)[C@H](O)[C@@H]1O. The molecule has 1 aliphatic heterocycles. The minimum atomic E-state index is -4.51. The van der Waals surface area contributed by atoms with E-state index in [1.54, 1.807) is 0 Å². The van der Waals surface area contributed by atoms with Gasteiger partial charge in [0.15, 0.2) is 17.4 Å². The minimum Gasteiger partial charge on any atom is -0.387 e. The van der Waals surface area contributed by atoms with E-state index in [1.165, 1.54) is 10.9 Å². The summed E-state index contributed by atoms with van der Waals surface area (Å²) in [6.07, 6.45) is -4.26. The first-order chi connectivity index (χ1) is 13.7. The van der Waals surface area contributed by atoms with Crippen molar-refractivity contribution in [2.75, 3.05) is 25.5 Å². The Bertz CT molecular complexity index is 1030. The summed E-state index contributed by atoms with van der Waals surface area (Å²) in [4.78, 5) is 34.0. The molecular weight excluding hydrogens is 415 g/mol. The van der Waals surface area contributed by atoms with Gasteiger partial charge in [0.05, 0.1) is 19.5 Å². The van der Waals surface area contributed by atoms with Crippen LogP contribution in [0.2, 0.25) is 0 Å². The van der Waals surface area contributed by atoms with E-state index in [0.29, 0.717) is 0 Å². The number of ether oxygens (including phenoxy) is 1. The fourth-order valence-corrected chi connectivity index (χ4v) is 3.39. The Morgan fingerprint density at radius 3 is 2.93 bits per heavy atom. The van der Waals surface area contributed by atoms with Gasteiger partial charge in [0, 0.05) is 11.5 Å². The number of anilines is 1. The van der Waals surface area contributed by atoms with E-state index in [2.05, 4.69) is 29.5 Å². The lowest BCUT2D eigenvalue weighted by atomic mass is 10.1. The molecule has 5 atom stereocenters. The lowest BCUT2D eigenvalue weighted by Gasteiger charge is -2.17. The molecule has 0 bridgehead atoms. The minimum absolute atomic E-state index is 0.0123. The molecule has 1 aliphatic rings. The number of fused-ring (bicyclic) bond motifs is 1. The zero-order chi connectivity index (χ0) is 21.2. The third-order valence-electron chi connectivity index (χ3n) is 3.97. The quantitative estimate of drug-likeness (QED) is 0.109. The van der Waals surface area contributed by atoms with Crippen LogP contribution in [-0.2, 0) is 18.3 Å². The highest BCUT2D eigenvalue weighted by Crippen LogP contribution is 2.44. The van der Waals surface area contributed by atoms with E-state index in [-0.39, 0.29) is 30.3 Å². The molecule has 1 unspecified atom stereocenters. The van der Waals surface area contributed by atoms with Crippen molar-refractivity contribution >= 4 is 24.9 Å². The number of phosphoric acid groups is 1. The maximum absolute atomic E-state index is 11.9. The smallest absolute Gasteiger partial charge is 0.387 e. The number of nitrogens with two attached hydrogens (primary N) is 1. The van der Waals surface area contributed by atoms with E-state index in [1.807, 2.05) is 0 Å². The molecule has 2 aromatic rings. The molecule has 0 amide bonds. The van der Waals surface area contributed by atoms with Crippen LogP contribution in [0, 0.1) is 0 Å².